The average Bonchev–Trinajstić information content (AvgIpc) is 2.74. The summed E-state index contributed by atoms with van der Waals surface area (Å²) in [5, 5.41) is 1.04. The summed E-state index contributed by atoms with van der Waals surface area (Å²) >= 11 is 0. The van der Waals surface area contributed by atoms with Gasteiger partial charge in [-0.15, -0.1) is 0 Å². The maximum absolute atomic E-state index is 5.84. The van der Waals surface area contributed by atoms with Crippen LogP contribution in [0.25, 0.3) is 22.3 Å². The maximum Gasteiger partial charge on any atom is 0.162 e. The lowest BCUT2D eigenvalue weighted by atomic mass is 10.2. The van der Waals surface area contributed by atoms with Crippen LogP contribution >= 0.6 is 0 Å². The van der Waals surface area contributed by atoms with Gasteiger partial charge in [0.2, 0.25) is 0 Å². The van der Waals surface area contributed by atoms with Crippen molar-refractivity contribution in [2.24, 2.45) is 0 Å². The Labute approximate surface area is 159 Å². The minimum absolute atomic E-state index is 0.583. The van der Waals surface area contributed by atoms with Crippen molar-refractivity contribution in [2.75, 3.05) is 25.1 Å². The molecule has 4 heteroatoms. The van der Waals surface area contributed by atoms with Crippen LogP contribution in [0.5, 0.6) is 5.75 Å². The SMILES string of the molecule is CN(CCOc1ccccc1)c1nc(-c2ccccc2)nc2ccccc12. The Morgan fingerprint density at radius 2 is 1.44 bits per heavy atom. The summed E-state index contributed by atoms with van der Waals surface area (Å²) < 4.78 is 5.84. The molecule has 0 bridgehead atoms. The zero-order chi connectivity index (χ0) is 18.5. The number of fused-ring (bicyclic) bond motifs is 1. The van der Waals surface area contributed by atoms with Crippen molar-refractivity contribution in [3.63, 3.8) is 0 Å². The number of likely N-dealkylation sites (N-methyl/N-ethyl adjacent to an activating group) is 1. The second-order valence-corrected chi connectivity index (χ2v) is 6.34. The van der Waals surface area contributed by atoms with E-state index in [1.165, 1.54) is 0 Å². The van der Waals surface area contributed by atoms with Crippen LogP contribution in [0, 0.1) is 0 Å². The fourth-order valence-corrected chi connectivity index (χ4v) is 2.99. The number of nitrogens with zero attached hydrogens (tertiary/aromatic N) is 3. The zero-order valence-corrected chi connectivity index (χ0v) is 15.2. The molecule has 0 saturated carbocycles. The highest BCUT2D eigenvalue weighted by molar-refractivity contribution is 5.90. The number of ether oxygens (including phenoxy) is 1. The number of hydrogen-bond donors (Lipinski definition) is 0. The molecule has 134 valence electrons. The summed E-state index contributed by atoms with van der Waals surface area (Å²) in [6, 6.07) is 28.1. The fourth-order valence-electron chi connectivity index (χ4n) is 2.99. The molecule has 4 aromatic rings. The molecule has 27 heavy (non-hydrogen) atoms. The molecule has 0 aliphatic heterocycles. The maximum atomic E-state index is 5.84. The summed E-state index contributed by atoms with van der Waals surface area (Å²) in [7, 11) is 2.04. The third-order valence-corrected chi connectivity index (χ3v) is 4.42. The second-order valence-electron chi connectivity index (χ2n) is 6.34. The summed E-state index contributed by atoms with van der Waals surface area (Å²) in [6.45, 7) is 1.31. The van der Waals surface area contributed by atoms with E-state index in [2.05, 4.69) is 11.0 Å². The molecule has 1 aromatic heterocycles. The molecule has 0 saturated heterocycles. The highest BCUT2D eigenvalue weighted by atomic mass is 16.5. The van der Waals surface area contributed by atoms with Crippen LogP contribution in [0.3, 0.4) is 0 Å². The van der Waals surface area contributed by atoms with Crippen LogP contribution in [0.2, 0.25) is 0 Å². The molecule has 0 spiro atoms. The normalized spacial score (nSPS) is 10.7. The predicted octanol–water partition coefficient (Wildman–Crippen LogP) is 4.81. The number of para-hydroxylation sites is 2. The van der Waals surface area contributed by atoms with E-state index >= 15 is 0 Å². The quantitative estimate of drug-likeness (QED) is 0.497. The number of anilines is 1. The van der Waals surface area contributed by atoms with Gasteiger partial charge in [-0.25, -0.2) is 9.97 Å². The lowest BCUT2D eigenvalue weighted by Gasteiger charge is -2.21. The minimum Gasteiger partial charge on any atom is -0.492 e. The molecule has 0 fully saturated rings. The van der Waals surface area contributed by atoms with Crippen molar-refractivity contribution in [3.05, 3.63) is 84.9 Å². The first-order chi connectivity index (χ1) is 13.3. The van der Waals surface area contributed by atoms with Crippen molar-refractivity contribution >= 4 is 16.7 Å². The van der Waals surface area contributed by atoms with Gasteiger partial charge in [0.15, 0.2) is 5.82 Å². The molecule has 3 aromatic carbocycles. The topological polar surface area (TPSA) is 38.2 Å². The summed E-state index contributed by atoms with van der Waals surface area (Å²) in [5.74, 6) is 2.53. The van der Waals surface area contributed by atoms with E-state index in [9.17, 15) is 0 Å². The van der Waals surface area contributed by atoms with E-state index < -0.39 is 0 Å². The van der Waals surface area contributed by atoms with Gasteiger partial charge in [-0.2, -0.15) is 0 Å². The van der Waals surface area contributed by atoms with Crippen LogP contribution in [0.15, 0.2) is 84.9 Å². The highest BCUT2D eigenvalue weighted by Crippen LogP contribution is 2.26. The number of hydrogen-bond acceptors (Lipinski definition) is 4. The summed E-state index contributed by atoms with van der Waals surface area (Å²) in [5.41, 5.74) is 1.95. The Balaban J connectivity index is 1.61. The van der Waals surface area contributed by atoms with Crippen LogP contribution in [-0.4, -0.2) is 30.2 Å². The summed E-state index contributed by atoms with van der Waals surface area (Å²) in [4.78, 5) is 11.7. The molecular weight excluding hydrogens is 334 g/mol. The first-order valence-electron chi connectivity index (χ1n) is 9.02. The molecule has 0 N–H and O–H groups in total. The number of aromatic nitrogens is 2. The molecule has 4 nitrogen and oxygen atoms in total. The Kier molecular flexibility index (Phi) is 4.97. The van der Waals surface area contributed by atoms with Gasteiger partial charge in [-0.05, 0) is 24.3 Å². The molecule has 1 heterocycles. The molecule has 4 rings (SSSR count). The molecule has 0 amide bonds. The molecule has 0 radical (unpaired) electrons. The van der Waals surface area contributed by atoms with Crippen molar-refractivity contribution in [2.45, 2.75) is 0 Å². The number of benzene rings is 3. The third kappa shape index (κ3) is 3.90. The van der Waals surface area contributed by atoms with Gasteiger partial charge in [0.25, 0.3) is 0 Å². The lowest BCUT2D eigenvalue weighted by molar-refractivity contribution is 0.326. The Hall–Kier alpha value is -3.40. The molecule has 0 aliphatic carbocycles. The lowest BCUT2D eigenvalue weighted by Crippen LogP contribution is -2.25. The van der Waals surface area contributed by atoms with E-state index in [-0.39, 0.29) is 0 Å². The van der Waals surface area contributed by atoms with Gasteiger partial charge in [0.1, 0.15) is 18.2 Å². The molecule has 0 unspecified atom stereocenters. The first kappa shape index (κ1) is 17.0. The standard InChI is InChI=1S/C23H21N3O/c1-26(16-17-27-19-12-6-3-7-13-19)23-20-14-8-9-15-21(20)24-22(25-23)18-10-4-2-5-11-18/h2-15H,16-17H2,1H3. The Morgan fingerprint density at radius 1 is 0.778 bits per heavy atom. The Bertz CT molecular complexity index is 1020. The molecule has 0 aliphatic rings. The van der Waals surface area contributed by atoms with Crippen molar-refractivity contribution in [1.29, 1.82) is 0 Å². The first-order valence-corrected chi connectivity index (χ1v) is 9.02. The van der Waals surface area contributed by atoms with E-state index in [1.807, 2.05) is 85.9 Å². The smallest absolute Gasteiger partial charge is 0.162 e. The predicted molar refractivity (Wildman–Crippen MR) is 110 cm³/mol. The fraction of sp³-hybridized carbons (Fsp3) is 0.130. The molecule has 0 atom stereocenters. The van der Waals surface area contributed by atoms with Gasteiger partial charge in [-0.1, -0.05) is 60.7 Å². The van der Waals surface area contributed by atoms with E-state index in [0.29, 0.717) is 6.61 Å². The average molecular weight is 355 g/mol. The van der Waals surface area contributed by atoms with Crippen LogP contribution in [-0.2, 0) is 0 Å². The largest absolute Gasteiger partial charge is 0.492 e. The van der Waals surface area contributed by atoms with Gasteiger partial charge in [-0.3, -0.25) is 0 Å². The van der Waals surface area contributed by atoms with Gasteiger partial charge in [0.05, 0.1) is 12.1 Å². The highest BCUT2D eigenvalue weighted by Gasteiger charge is 2.12. The molecular formula is C23H21N3O. The second kappa shape index (κ2) is 7.87. The van der Waals surface area contributed by atoms with E-state index in [1.54, 1.807) is 0 Å². The van der Waals surface area contributed by atoms with Crippen molar-refractivity contribution in [3.8, 4) is 17.1 Å². The van der Waals surface area contributed by atoms with Gasteiger partial charge >= 0.3 is 0 Å². The van der Waals surface area contributed by atoms with Crippen molar-refractivity contribution < 1.29 is 4.74 Å². The summed E-state index contributed by atoms with van der Waals surface area (Å²) in [6.07, 6.45) is 0. The number of rotatable bonds is 6. The van der Waals surface area contributed by atoms with Gasteiger partial charge < -0.3 is 9.64 Å². The minimum atomic E-state index is 0.583. The van der Waals surface area contributed by atoms with E-state index in [0.717, 1.165) is 40.4 Å². The Morgan fingerprint density at radius 3 is 2.22 bits per heavy atom. The van der Waals surface area contributed by atoms with Gasteiger partial charge in [0, 0.05) is 18.0 Å². The van der Waals surface area contributed by atoms with Crippen LogP contribution in [0.1, 0.15) is 0 Å². The van der Waals surface area contributed by atoms with Crippen LogP contribution in [0.4, 0.5) is 5.82 Å². The third-order valence-electron chi connectivity index (χ3n) is 4.42. The van der Waals surface area contributed by atoms with E-state index in [4.69, 9.17) is 14.7 Å². The monoisotopic (exact) mass is 355 g/mol. The zero-order valence-electron chi connectivity index (χ0n) is 15.2. The van der Waals surface area contributed by atoms with Crippen molar-refractivity contribution in [1.82, 2.24) is 9.97 Å². The van der Waals surface area contributed by atoms with Crippen LogP contribution < -0.4 is 9.64 Å².